The summed E-state index contributed by atoms with van der Waals surface area (Å²) in [7, 11) is 0. The molecule has 0 spiro atoms. The molecule has 0 aromatic heterocycles. The number of carbonyl (C=O) groups excluding carboxylic acids is 2. The molecular formula is C12H5NO7. The Balaban J connectivity index is 2.34. The molecule has 2 aromatic carbocycles. The highest BCUT2D eigenvalue weighted by Crippen LogP contribution is 2.38. The van der Waals surface area contributed by atoms with Gasteiger partial charge >= 0.3 is 12.3 Å². The normalized spacial score (nSPS) is 13.8. The lowest BCUT2D eigenvalue weighted by molar-refractivity contribution is -0.384. The second kappa shape index (κ2) is 4.19. The number of carbonyl (C=O) groups is 2. The van der Waals surface area contributed by atoms with Gasteiger partial charge in [-0.25, -0.2) is 9.59 Å². The summed E-state index contributed by atoms with van der Waals surface area (Å²) >= 11 is 0. The van der Waals surface area contributed by atoms with E-state index < -0.39 is 17.2 Å². The standard InChI is InChI=1S/C12H5NO7/c14-11-18-8-3-1-2-6-4-7(13(16)17)5-9(10(6)8)19-12(15)20-11/h1-5H. The number of nitrogens with zero attached hydrogens (tertiary/aromatic N) is 1. The van der Waals surface area contributed by atoms with Gasteiger partial charge in [-0.05, 0) is 11.5 Å². The average molecular weight is 275 g/mol. The lowest BCUT2D eigenvalue weighted by atomic mass is 10.1. The van der Waals surface area contributed by atoms with Gasteiger partial charge in [-0.15, -0.1) is 0 Å². The van der Waals surface area contributed by atoms with E-state index >= 15 is 0 Å². The highest BCUT2D eigenvalue weighted by Gasteiger charge is 2.25. The van der Waals surface area contributed by atoms with Crippen LogP contribution in [0, 0.1) is 10.1 Å². The number of ether oxygens (including phenoxy) is 3. The number of non-ortho nitro benzene ring substituents is 1. The molecule has 8 heteroatoms. The molecule has 0 aliphatic carbocycles. The van der Waals surface area contributed by atoms with Crippen LogP contribution in [0.4, 0.5) is 15.3 Å². The van der Waals surface area contributed by atoms with Crippen molar-refractivity contribution >= 4 is 28.8 Å². The lowest BCUT2D eigenvalue weighted by Gasteiger charge is -2.14. The topological polar surface area (TPSA) is 105 Å². The Kier molecular flexibility index (Phi) is 2.50. The van der Waals surface area contributed by atoms with E-state index in [-0.39, 0.29) is 22.6 Å². The lowest BCUT2D eigenvalue weighted by Crippen LogP contribution is -2.21. The minimum absolute atomic E-state index is 0.0879. The first-order valence-corrected chi connectivity index (χ1v) is 5.37. The maximum atomic E-state index is 11.3. The largest absolute Gasteiger partial charge is 0.524 e. The van der Waals surface area contributed by atoms with Gasteiger partial charge in [0.05, 0.1) is 16.4 Å². The van der Waals surface area contributed by atoms with E-state index in [2.05, 4.69) is 4.74 Å². The van der Waals surface area contributed by atoms with E-state index in [1.54, 1.807) is 12.1 Å². The number of cyclic esters (lactones) is 2. The first-order chi connectivity index (χ1) is 9.54. The van der Waals surface area contributed by atoms with Crippen molar-refractivity contribution in [2.45, 2.75) is 0 Å². The van der Waals surface area contributed by atoms with Crippen molar-refractivity contribution in [1.82, 2.24) is 0 Å². The summed E-state index contributed by atoms with van der Waals surface area (Å²) in [5.74, 6) is -0.0211. The van der Waals surface area contributed by atoms with Gasteiger partial charge in [-0.3, -0.25) is 10.1 Å². The zero-order valence-electron chi connectivity index (χ0n) is 9.69. The molecule has 0 saturated carbocycles. The van der Waals surface area contributed by atoms with Gasteiger partial charge in [-0.2, -0.15) is 0 Å². The highest BCUT2D eigenvalue weighted by molar-refractivity contribution is 5.99. The van der Waals surface area contributed by atoms with E-state index in [0.717, 1.165) is 6.07 Å². The van der Waals surface area contributed by atoms with Gasteiger partial charge in [0, 0.05) is 6.07 Å². The maximum Gasteiger partial charge on any atom is 0.524 e. The average Bonchev–Trinajstić information content (AvgIpc) is 2.36. The number of hydrogen-bond acceptors (Lipinski definition) is 7. The minimum Gasteiger partial charge on any atom is -0.394 e. The van der Waals surface area contributed by atoms with Crippen LogP contribution in [0.3, 0.4) is 0 Å². The van der Waals surface area contributed by atoms with Gasteiger partial charge in [0.25, 0.3) is 5.69 Å². The van der Waals surface area contributed by atoms with Crippen LogP contribution in [0.15, 0.2) is 30.3 Å². The zero-order valence-corrected chi connectivity index (χ0v) is 9.69. The van der Waals surface area contributed by atoms with Crippen LogP contribution in [-0.2, 0) is 4.74 Å². The summed E-state index contributed by atoms with van der Waals surface area (Å²) < 4.78 is 13.8. The van der Waals surface area contributed by atoms with Crippen molar-refractivity contribution in [3.63, 3.8) is 0 Å². The monoisotopic (exact) mass is 275 g/mol. The minimum atomic E-state index is -1.31. The van der Waals surface area contributed by atoms with Crippen LogP contribution in [0.25, 0.3) is 10.8 Å². The zero-order chi connectivity index (χ0) is 14.3. The summed E-state index contributed by atoms with van der Waals surface area (Å²) in [6, 6.07) is 6.91. The Morgan fingerprint density at radius 3 is 2.35 bits per heavy atom. The molecule has 2 aromatic rings. The molecule has 100 valence electrons. The van der Waals surface area contributed by atoms with Crippen LogP contribution in [0.5, 0.6) is 11.5 Å². The molecule has 0 atom stereocenters. The first-order valence-electron chi connectivity index (χ1n) is 5.37. The molecule has 0 radical (unpaired) electrons. The fourth-order valence-corrected chi connectivity index (χ4v) is 1.90. The van der Waals surface area contributed by atoms with Crippen LogP contribution >= 0.6 is 0 Å². The second-order valence-corrected chi connectivity index (χ2v) is 3.86. The van der Waals surface area contributed by atoms with Crippen molar-refractivity contribution in [3.05, 3.63) is 40.4 Å². The number of nitro benzene ring substituents is 1. The Morgan fingerprint density at radius 2 is 1.65 bits per heavy atom. The molecule has 3 rings (SSSR count). The van der Waals surface area contributed by atoms with Crippen LogP contribution < -0.4 is 9.47 Å². The van der Waals surface area contributed by atoms with E-state index in [9.17, 15) is 19.7 Å². The van der Waals surface area contributed by atoms with Crippen LogP contribution in [-0.4, -0.2) is 17.2 Å². The Hall–Kier alpha value is -3.16. The van der Waals surface area contributed by atoms with E-state index in [0.29, 0.717) is 5.39 Å². The number of rotatable bonds is 1. The second-order valence-electron chi connectivity index (χ2n) is 3.86. The molecule has 0 N–H and O–H groups in total. The van der Waals surface area contributed by atoms with Crippen molar-refractivity contribution in [3.8, 4) is 11.5 Å². The first kappa shape index (κ1) is 11.9. The number of nitro groups is 1. The molecule has 0 bridgehead atoms. The van der Waals surface area contributed by atoms with E-state index in [1.807, 2.05) is 0 Å². The molecule has 0 unspecified atom stereocenters. The van der Waals surface area contributed by atoms with E-state index in [1.165, 1.54) is 12.1 Å². The molecule has 0 saturated heterocycles. The summed E-state index contributed by atoms with van der Waals surface area (Å²) in [4.78, 5) is 32.7. The molecule has 0 fully saturated rings. The third-order valence-electron chi connectivity index (χ3n) is 2.65. The Bertz CT molecular complexity index is 768. The SMILES string of the molecule is O=C1OC(=O)Oc2cc([N+](=O)[O-])cc3cccc(c23)O1. The quantitative estimate of drug-likeness (QED) is 0.259. The predicted octanol–water partition coefficient (Wildman–Crippen LogP) is 2.78. The van der Waals surface area contributed by atoms with Crippen LogP contribution in [0.1, 0.15) is 0 Å². The predicted molar refractivity (Wildman–Crippen MR) is 63.7 cm³/mol. The fourth-order valence-electron chi connectivity index (χ4n) is 1.90. The van der Waals surface area contributed by atoms with Gasteiger partial charge < -0.3 is 14.2 Å². The summed E-state index contributed by atoms with van der Waals surface area (Å²) in [5, 5.41) is 11.5. The van der Waals surface area contributed by atoms with Gasteiger partial charge in [0.1, 0.15) is 5.75 Å². The van der Waals surface area contributed by atoms with Crippen molar-refractivity contribution in [2.24, 2.45) is 0 Å². The third kappa shape index (κ3) is 1.88. The van der Waals surface area contributed by atoms with E-state index in [4.69, 9.17) is 9.47 Å². The molecule has 1 aliphatic heterocycles. The van der Waals surface area contributed by atoms with Gasteiger partial charge in [0.15, 0.2) is 5.75 Å². The molecule has 20 heavy (non-hydrogen) atoms. The van der Waals surface area contributed by atoms with Crippen molar-refractivity contribution < 1.29 is 28.7 Å². The summed E-state index contributed by atoms with van der Waals surface area (Å²) in [5.41, 5.74) is -0.260. The molecule has 1 heterocycles. The van der Waals surface area contributed by atoms with Crippen LogP contribution in [0.2, 0.25) is 0 Å². The Labute approximate surface area is 110 Å². The maximum absolute atomic E-state index is 11.3. The summed E-state index contributed by atoms with van der Waals surface area (Å²) in [6.45, 7) is 0. The van der Waals surface area contributed by atoms with Crippen molar-refractivity contribution in [2.75, 3.05) is 0 Å². The molecule has 1 aliphatic rings. The Morgan fingerprint density at radius 1 is 0.950 bits per heavy atom. The van der Waals surface area contributed by atoms with Gasteiger partial charge in [-0.1, -0.05) is 12.1 Å². The summed E-state index contributed by atoms with van der Waals surface area (Å²) in [6.07, 6.45) is -2.54. The third-order valence-corrected chi connectivity index (χ3v) is 2.65. The molecule has 8 nitrogen and oxygen atoms in total. The fraction of sp³-hybridized carbons (Fsp3) is 0. The molecular weight excluding hydrogens is 270 g/mol. The highest BCUT2D eigenvalue weighted by atomic mass is 16.8. The van der Waals surface area contributed by atoms with Gasteiger partial charge in [0.2, 0.25) is 0 Å². The number of hydrogen-bond donors (Lipinski definition) is 0. The molecule has 0 amide bonds. The van der Waals surface area contributed by atoms with Crippen molar-refractivity contribution in [1.29, 1.82) is 0 Å². The smallest absolute Gasteiger partial charge is 0.394 e. The number of benzene rings is 2.